The summed E-state index contributed by atoms with van der Waals surface area (Å²) in [6, 6.07) is 8.63. The Morgan fingerprint density at radius 2 is 2.00 bits per heavy atom. The number of carbonyl (C=O) groups is 1. The highest BCUT2D eigenvalue weighted by molar-refractivity contribution is 5.88. The molecule has 0 fully saturated rings. The average molecular weight is 167 g/mol. The number of nitrogens with one attached hydrogen (secondary N) is 1. The summed E-state index contributed by atoms with van der Waals surface area (Å²) in [6.07, 6.45) is 0. The van der Waals surface area contributed by atoms with Gasteiger partial charge < -0.3 is 4.84 Å². The predicted molar refractivity (Wildman–Crippen MR) is 42.0 cm³/mol. The lowest BCUT2D eigenvalue weighted by Crippen LogP contribution is -2.18. The van der Waals surface area contributed by atoms with Crippen molar-refractivity contribution in [1.29, 1.82) is 0 Å². The molecule has 0 aromatic heterocycles. The molecule has 1 N–H and O–H groups in total. The Labute approximate surface area is 70.0 Å². The predicted octanol–water partition coefficient (Wildman–Crippen LogP) is 0.909. The fourth-order valence-electron chi connectivity index (χ4n) is 0.713. The highest BCUT2D eigenvalue weighted by Crippen LogP contribution is 1.99. The van der Waals surface area contributed by atoms with E-state index in [-0.39, 0.29) is 0 Å². The highest BCUT2D eigenvalue weighted by atomic mass is 16.9. The summed E-state index contributed by atoms with van der Waals surface area (Å²) in [5.74, 6) is -0.475. The van der Waals surface area contributed by atoms with Gasteiger partial charge in [-0.15, -0.1) is 0 Å². The number of hydrogen-bond acceptors (Lipinski definition) is 4. The summed E-state index contributed by atoms with van der Waals surface area (Å²) in [7, 11) is 1.36. The lowest BCUT2D eigenvalue weighted by atomic mass is 10.2. The third kappa shape index (κ3) is 2.34. The second-order valence-electron chi connectivity index (χ2n) is 2.04. The quantitative estimate of drug-likeness (QED) is 0.680. The first-order valence-electron chi connectivity index (χ1n) is 3.39. The minimum absolute atomic E-state index is 0.474. The lowest BCUT2D eigenvalue weighted by Gasteiger charge is -2.01. The van der Waals surface area contributed by atoms with Crippen molar-refractivity contribution in [3.8, 4) is 0 Å². The molecule has 0 unspecified atom stereocenters. The first-order valence-corrected chi connectivity index (χ1v) is 3.39. The molecule has 1 aromatic carbocycles. The van der Waals surface area contributed by atoms with Crippen LogP contribution in [-0.4, -0.2) is 13.1 Å². The summed E-state index contributed by atoms with van der Waals surface area (Å²) in [5.41, 5.74) is 2.47. The van der Waals surface area contributed by atoms with Crippen molar-refractivity contribution in [2.75, 3.05) is 7.11 Å². The third-order valence-corrected chi connectivity index (χ3v) is 1.23. The molecule has 0 aliphatic rings. The zero-order valence-electron chi connectivity index (χ0n) is 6.61. The molecule has 0 amide bonds. The van der Waals surface area contributed by atoms with Crippen molar-refractivity contribution in [3.63, 3.8) is 0 Å². The zero-order chi connectivity index (χ0) is 8.81. The summed E-state index contributed by atoms with van der Waals surface area (Å²) >= 11 is 0. The summed E-state index contributed by atoms with van der Waals surface area (Å²) in [6.45, 7) is 0. The van der Waals surface area contributed by atoms with Gasteiger partial charge in [0.1, 0.15) is 0 Å². The molecule has 0 saturated heterocycles. The maximum absolute atomic E-state index is 11.0. The van der Waals surface area contributed by atoms with Crippen LogP contribution in [0.1, 0.15) is 10.4 Å². The lowest BCUT2D eigenvalue weighted by molar-refractivity contribution is -0.114. The topological polar surface area (TPSA) is 47.6 Å². The van der Waals surface area contributed by atoms with Crippen LogP contribution in [0.3, 0.4) is 0 Å². The van der Waals surface area contributed by atoms with E-state index in [1.54, 1.807) is 24.3 Å². The first kappa shape index (κ1) is 8.70. The van der Waals surface area contributed by atoms with Crippen LogP contribution in [0.25, 0.3) is 0 Å². The van der Waals surface area contributed by atoms with E-state index in [4.69, 9.17) is 0 Å². The molecule has 1 aromatic rings. The molecule has 4 heteroatoms. The fraction of sp³-hybridized carbons (Fsp3) is 0.125. The molecular weight excluding hydrogens is 158 g/mol. The van der Waals surface area contributed by atoms with E-state index < -0.39 is 5.97 Å². The van der Waals surface area contributed by atoms with Crippen molar-refractivity contribution in [3.05, 3.63) is 35.9 Å². The Morgan fingerprint density at radius 3 is 2.58 bits per heavy atom. The monoisotopic (exact) mass is 167 g/mol. The average Bonchev–Trinajstić information content (AvgIpc) is 2.15. The van der Waals surface area contributed by atoms with Gasteiger partial charge in [-0.25, -0.2) is 4.79 Å². The molecule has 0 atom stereocenters. The molecule has 0 aliphatic carbocycles. The Morgan fingerprint density at radius 1 is 1.33 bits per heavy atom. The van der Waals surface area contributed by atoms with E-state index in [1.165, 1.54) is 7.11 Å². The minimum atomic E-state index is -0.475. The Kier molecular flexibility index (Phi) is 3.25. The number of rotatable bonds is 3. The Bertz CT molecular complexity index is 248. The molecule has 0 aliphatic heterocycles. The zero-order valence-corrected chi connectivity index (χ0v) is 6.61. The van der Waals surface area contributed by atoms with Gasteiger partial charge in [0.2, 0.25) is 0 Å². The van der Waals surface area contributed by atoms with Crippen molar-refractivity contribution in [1.82, 2.24) is 5.64 Å². The molecule has 12 heavy (non-hydrogen) atoms. The van der Waals surface area contributed by atoms with Gasteiger partial charge in [-0.05, 0) is 17.8 Å². The van der Waals surface area contributed by atoms with Crippen LogP contribution in [0, 0.1) is 0 Å². The largest absolute Gasteiger partial charge is 0.359 e. The molecule has 64 valence electrons. The van der Waals surface area contributed by atoms with E-state index >= 15 is 0 Å². The van der Waals surface area contributed by atoms with E-state index in [2.05, 4.69) is 9.68 Å². The van der Waals surface area contributed by atoms with Gasteiger partial charge in [0, 0.05) is 0 Å². The maximum atomic E-state index is 11.0. The molecule has 0 bridgehead atoms. The highest BCUT2D eigenvalue weighted by Gasteiger charge is 2.04. The van der Waals surface area contributed by atoms with Gasteiger partial charge in [0.25, 0.3) is 0 Å². The van der Waals surface area contributed by atoms with Gasteiger partial charge in [0.15, 0.2) is 0 Å². The molecule has 0 spiro atoms. The maximum Gasteiger partial charge on any atom is 0.359 e. The SMILES string of the molecule is CONOC(=O)c1ccccc1. The number of benzene rings is 1. The number of carbonyl (C=O) groups excluding carboxylic acids is 1. The van der Waals surface area contributed by atoms with Gasteiger partial charge in [-0.3, -0.25) is 4.84 Å². The molecule has 0 saturated carbocycles. The minimum Gasteiger partial charge on any atom is -0.341 e. The molecule has 4 nitrogen and oxygen atoms in total. The summed E-state index contributed by atoms with van der Waals surface area (Å²) in [4.78, 5) is 19.8. The summed E-state index contributed by atoms with van der Waals surface area (Å²) < 4.78 is 0. The van der Waals surface area contributed by atoms with E-state index in [0.29, 0.717) is 5.56 Å². The van der Waals surface area contributed by atoms with E-state index in [1.807, 2.05) is 11.7 Å². The van der Waals surface area contributed by atoms with Crippen molar-refractivity contribution in [2.24, 2.45) is 0 Å². The molecule has 0 heterocycles. The van der Waals surface area contributed by atoms with Crippen molar-refractivity contribution >= 4 is 5.97 Å². The normalized spacial score (nSPS) is 9.42. The number of hydrogen-bond donors (Lipinski definition) is 1. The van der Waals surface area contributed by atoms with Crippen LogP contribution in [0.4, 0.5) is 0 Å². The van der Waals surface area contributed by atoms with E-state index in [0.717, 1.165) is 0 Å². The Hall–Kier alpha value is -1.39. The Balaban J connectivity index is 2.54. The van der Waals surface area contributed by atoms with Crippen LogP contribution in [0.5, 0.6) is 0 Å². The molecule has 1 rings (SSSR count). The first-order chi connectivity index (χ1) is 5.84. The fourth-order valence-corrected chi connectivity index (χ4v) is 0.713. The van der Waals surface area contributed by atoms with Crippen molar-refractivity contribution in [2.45, 2.75) is 0 Å². The van der Waals surface area contributed by atoms with Crippen LogP contribution >= 0.6 is 0 Å². The van der Waals surface area contributed by atoms with Gasteiger partial charge in [0.05, 0.1) is 12.7 Å². The second-order valence-corrected chi connectivity index (χ2v) is 2.04. The smallest absolute Gasteiger partial charge is 0.341 e. The van der Waals surface area contributed by atoms with Gasteiger partial charge in [-0.2, -0.15) is 0 Å². The van der Waals surface area contributed by atoms with Crippen LogP contribution in [-0.2, 0) is 9.68 Å². The molecule has 0 radical (unpaired) electrons. The van der Waals surface area contributed by atoms with Crippen LogP contribution < -0.4 is 5.64 Å². The van der Waals surface area contributed by atoms with Gasteiger partial charge in [-0.1, -0.05) is 18.2 Å². The standard InChI is InChI=1S/C8H9NO3/c1-11-9-12-8(10)7-5-3-2-4-6-7/h2-6,9H,1H3. The van der Waals surface area contributed by atoms with Gasteiger partial charge >= 0.3 is 5.97 Å². The second kappa shape index (κ2) is 4.48. The van der Waals surface area contributed by atoms with Crippen LogP contribution in [0.2, 0.25) is 0 Å². The van der Waals surface area contributed by atoms with E-state index in [9.17, 15) is 4.79 Å². The molecular formula is C8H9NO3. The van der Waals surface area contributed by atoms with Crippen LogP contribution in [0.15, 0.2) is 30.3 Å². The summed E-state index contributed by atoms with van der Waals surface area (Å²) in [5, 5.41) is 0. The van der Waals surface area contributed by atoms with Crippen molar-refractivity contribution < 1.29 is 14.5 Å². The third-order valence-electron chi connectivity index (χ3n) is 1.23.